The van der Waals surface area contributed by atoms with Crippen molar-refractivity contribution < 1.29 is 9.59 Å². The number of benzene rings is 2. The van der Waals surface area contributed by atoms with Gasteiger partial charge in [-0.25, -0.2) is 0 Å². The molecule has 2 fully saturated rings. The Kier molecular flexibility index (Phi) is 14.0. The first-order valence-corrected chi connectivity index (χ1v) is 20.3. The van der Waals surface area contributed by atoms with Crippen LogP contribution in [0.1, 0.15) is 82.6 Å². The standard InChI is InChI=1S/C43H56N4O2S/c48-42(45-37(20-9-18-34-14-3-1-4-15-34)21-10-19-35-16-5-2-6-17-35)40-24-7-8-30-47(40)43(49)36-26-31-46(32-27-36)29-13-33-50-41-25-11-23-39-38(41)22-12-28-44-39/h1-6,11-12,14-16,22-23,25,28,35-37,40H,7-10,13,17-21,24,26-27,29-33H2,(H,45,48). The molecule has 2 amide bonds. The van der Waals surface area contributed by atoms with Crippen LogP contribution < -0.4 is 5.32 Å². The van der Waals surface area contributed by atoms with Crippen molar-refractivity contribution >= 4 is 34.5 Å². The molecule has 50 heavy (non-hydrogen) atoms. The van der Waals surface area contributed by atoms with Gasteiger partial charge in [0.05, 0.1) is 5.52 Å². The van der Waals surface area contributed by atoms with Crippen molar-refractivity contribution in [1.82, 2.24) is 20.1 Å². The minimum Gasteiger partial charge on any atom is -0.352 e. The lowest BCUT2D eigenvalue weighted by atomic mass is 9.91. The second kappa shape index (κ2) is 19.3. The average Bonchev–Trinajstić information content (AvgIpc) is 3.17. The molecule has 0 saturated carbocycles. The summed E-state index contributed by atoms with van der Waals surface area (Å²) in [6.45, 7) is 3.68. The van der Waals surface area contributed by atoms with Crippen LogP contribution in [0, 0.1) is 11.8 Å². The third-order valence-corrected chi connectivity index (χ3v) is 12.1. The number of thioether (sulfide) groups is 1. The van der Waals surface area contributed by atoms with E-state index in [1.807, 2.05) is 28.9 Å². The number of likely N-dealkylation sites (tertiary alicyclic amines) is 2. The molecule has 3 aliphatic rings. The summed E-state index contributed by atoms with van der Waals surface area (Å²) in [4.78, 5) is 38.2. The van der Waals surface area contributed by atoms with Gasteiger partial charge in [0.15, 0.2) is 0 Å². The molecule has 3 atom stereocenters. The van der Waals surface area contributed by atoms with E-state index in [4.69, 9.17) is 0 Å². The fraction of sp³-hybridized carbons (Fsp3) is 0.512. The predicted molar refractivity (Wildman–Crippen MR) is 207 cm³/mol. The monoisotopic (exact) mass is 692 g/mol. The van der Waals surface area contributed by atoms with Crippen LogP contribution in [0.3, 0.4) is 0 Å². The first-order valence-electron chi connectivity index (χ1n) is 19.3. The van der Waals surface area contributed by atoms with Crippen molar-refractivity contribution in [2.75, 3.05) is 31.9 Å². The Morgan fingerprint density at radius 1 is 0.880 bits per heavy atom. The van der Waals surface area contributed by atoms with Crippen LogP contribution in [0.4, 0.5) is 0 Å². The molecule has 3 heterocycles. The fourth-order valence-electron chi connectivity index (χ4n) is 8.03. The van der Waals surface area contributed by atoms with Gasteiger partial charge in [0.2, 0.25) is 11.8 Å². The number of hydrogen-bond acceptors (Lipinski definition) is 5. The number of hydrogen-bond donors (Lipinski definition) is 1. The number of carbonyl (C=O) groups is 2. The lowest BCUT2D eigenvalue weighted by molar-refractivity contribution is -0.147. The van der Waals surface area contributed by atoms with E-state index in [1.54, 1.807) is 0 Å². The first-order chi connectivity index (χ1) is 24.6. The van der Waals surface area contributed by atoms with Gasteiger partial charge in [-0.15, -0.1) is 11.8 Å². The number of nitrogens with one attached hydrogen (secondary N) is 1. The second-order valence-electron chi connectivity index (χ2n) is 14.5. The number of carbonyl (C=O) groups excluding carboxylic acids is 2. The number of amides is 2. The molecule has 1 aliphatic carbocycles. The summed E-state index contributed by atoms with van der Waals surface area (Å²) in [5.41, 5.74) is 2.40. The number of aryl methyl sites for hydroxylation is 1. The third kappa shape index (κ3) is 10.6. The molecule has 3 unspecified atom stereocenters. The van der Waals surface area contributed by atoms with Crippen molar-refractivity contribution in [3.05, 3.63) is 96.7 Å². The molecule has 6 nitrogen and oxygen atoms in total. The molecule has 0 spiro atoms. The highest BCUT2D eigenvalue weighted by molar-refractivity contribution is 7.99. The summed E-state index contributed by atoms with van der Waals surface area (Å²) in [6.07, 6.45) is 23.8. The van der Waals surface area contributed by atoms with Gasteiger partial charge in [-0.2, -0.15) is 0 Å². The zero-order valence-electron chi connectivity index (χ0n) is 29.8. The fourth-order valence-corrected chi connectivity index (χ4v) is 9.03. The Morgan fingerprint density at radius 3 is 2.58 bits per heavy atom. The molecule has 0 bridgehead atoms. The van der Waals surface area contributed by atoms with E-state index in [0.717, 1.165) is 114 Å². The lowest BCUT2D eigenvalue weighted by Crippen LogP contribution is -2.55. The van der Waals surface area contributed by atoms with E-state index in [2.05, 4.69) is 94.1 Å². The Morgan fingerprint density at radius 2 is 1.74 bits per heavy atom. The molecule has 1 N–H and O–H groups in total. The maximum absolute atomic E-state index is 14.0. The molecule has 7 heteroatoms. The number of rotatable bonds is 16. The van der Waals surface area contributed by atoms with Crippen LogP contribution in [-0.4, -0.2) is 70.6 Å². The van der Waals surface area contributed by atoms with E-state index in [9.17, 15) is 9.59 Å². The quantitative estimate of drug-likeness (QED) is 0.120. The second-order valence-corrected chi connectivity index (χ2v) is 15.6. The zero-order chi connectivity index (χ0) is 34.4. The molecular weight excluding hydrogens is 637 g/mol. The summed E-state index contributed by atoms with van der Waals surface area (Å²) >= 11 is 1.91. The Balaban J connectivity index is 0.964. The number of pyridine rings is 1. The Bertz CT molecular complexity index is 1560. The van der Waals surface area contributed by atoms with Gasteiger partial charge in [0.1, 0.15) is 6.04 Å². The van der Waals surface area contributed by atoms with E-state index in [0.29, 0.717) is 12.5 Å². The van der Waals surface area contributed by atoms with E-state index in [1.165, 1.54) is 15.8 Å². The summed E-state index contributed by atoms with van der Waals surface area (Å²) < 4.78 is 0. The van der Waals surface area contributed by atoms with E-state index < -0.39 is 0 Å². The summed E-state index contributed by atoms with van der Waals surface area (Å²) in [7, 11) is 0. The molecule has 0 radical (unpaired) electrons. The summed E-state index contributed by atoms with van der Waals surface area (Å²) in [6, 6.07) is 21.0. The van der Waals surface area contributed by atoms with Crippen molar-refractivity contribution in [2.45, 2.75) is 100 Å². The van der Waals surface area contributed by atoms with Gasteiger partial charge >= 0.3 is 0 Å². The number of aromatic nitrogens is 1. The largest absolute Gasteiger partial charge is 0.352 e. The molecule has 6 rings (SSSR count). The summed E-state index contributed by atoms with van der Waals surface area (Å²) in [5, 5.41) is 4.71. The van der Waals surface area contributed by atoms with Gasteiger partial charge in [0.25, 0.3) is 0 Å². The van der Waals surface area contributed by atoms with Crippen molar-refractivity contribution in [3.63, 3.8) is 0 Å². The van der Waals surface area contributed by atoms with Crippen LogP contribution in [0.5, 0.6) is 0 Å². The third-order valence-electron chi connectivity index (χ3n) is 10.9. The normalized spacial score (nSPS) is 20.6. The van der Waals surface area contributed by atoms with E-state index >= 15 is 0 Å². The highest BCUT2D eigenvalue weighted by Gasteiger charge is 2.37. The molecule has 266 valence electrons. The predicted octanol–water partition coefficient (Wildman–Crippen LogP) is 8.62. The van der Waals surface area contributed by atoms with Crippen LogP contribution in [0.25, 0.3) is 10.9 Å². The van der Waals surface area contributed by atoms with Gasteiger partial charge in [-0.1, -0.05) is 73.2 Å². The lowest BCUT2D eigenvalue weighted by Gasteiger charge is -2.39. The summed E-state index contributed by atoms with van der Waals surface area (Å²) in [5.74, 6) is 1.98. The first kappa shape index (κ1) is 36.4. The molecule has 2 aromatic carbocycles. The minimum atomic E-state index is -0.335. The maximum atomic E-state index is 14.0. The number of allylic oxidation sites excluding steroid dienone is 4. The Hall–Kier alpha value is -3.42. The highest BCUT2D eigenvalue weighted by Crippen LogP contribution is 2.29. The van der Waals surface area contributed by atoms with Crippen molar-refractivity contribution in [1.29, 1.82) is 0 Å². The molecular formula is C43H56N4O2S. The zero-order valence-corrected chi connectivity index (χ0v) is 30.6. The molecule has 2 aliphatic heterocycles. The topological polar surface area (TPSA) is 65.5 Å². The molecule has 2 saturated heterocycles. The van der Waals surface area contributed by atoms with Crippen molar-refractivity contribution in [2.24, 2.45) is 11.8 Å². The Labute approximate surface area is 304 Å². The minimum absolute atomic E-state index is 0.0245. The van der Waals surface area contributed by atoms with Gasteiger partial charge in [-0.05, 0) is 132 Å². The molecule has 3 aromatic rings. The van der Waals surface area contributed by atoms with Crippen LogP contribution >= 0.6 is 11.8 Å². The average molecular weight is 693 g/mol. The smallest absolute Gasteiger partial charge is 0.243 e. The van der Waals surface area contributed by atoms with Gasteiger partial charge in [0, 0.05) is 35.0 Å². The van der Waals surface area contributed by atoms with Gasteiger partial charge in [-0.3, -0.25) is 14.6 Å². The van der Waals surface area contributed by atoms with Crippen LogP contribution in [0.15, 0.2) is 96.1 Å². The van der Waals surface area contributed by atoms with Crippen LogP contribution in [-0.2, 0) is 16.0 Å². The van der Waals surface area contributed by atoms with Gasteiger partial charge < -0.3 is 15.1 Å². The molecule has 1 aromatic heterocycles. The number of nitrogens with zero attached hydrogens (tertiary/aromatic N) is 3. The number of piperidine rings is 2. The highest BCUT2D eigenvalue weighted by atomic mass is 32.2. The van der Waals surface area contributed by atoms with Crippen LogP contribution in [0.2, 0.25) is 0 Å². The maximum Gasteiger partial charge on any atom is 0.243 e. The van der Waals surface area contributed by atoms with E-state index in [-0.39, 0.29) is 29.8 Å². The SMILES string of the molecule is O=C(NC(CCCc1ccccc1)CCCC1C=CC=CC1)C1CCCCN1C(=O)C1CCN(CCCSc2cccc3ncccc23)CC1. The number of fused-ring (bicyclic) bond motifs is 1. The van der Waals surface area contributed by atoms with Crippen molar-refractivity contribution in [3.8, 4) is 0 Å².